The maximum atomic E-state index is 12.8. The van der Waals surface area contributed by atoms with Crippen molar-refractivity contribution in [2.75, 3.05) is 12.4 Å². The lowest BCUT2D eigenvalue weighted by atomic mass is 9.53. The molecule has 0 aliphatic heterocycles. The number of hydrogen-bond donors (Lipinski definition) is 2. The molecule has 4 aliphatic rings. The molecule has 1 aromatic rings. The summed E-state index contributed by atoms with van der Waals surface area (Å²) in [6, 6.07) is 5.21. The van der Waals surface area contributed by atoms with Crippen LogP contribution >= 0.6 is 11.6 Å². The number of anilines is 1. The first-order valence-electron chi connectivity index (χ1n) is 9.38. The van der Waals surface area contributed by atoms with Crippen molar-refractivity contribution in [3.05, 3.63) is 23.2 Å². The summed E-state index contributed by atoms with van der Waals surface area (Å²) >= 11 is 6.17. The minimum absolute atomic E-state index is 0.0549. The van der Waals surface area contributed by atoms with Crippen molar-refractivity contribution in [2.45, 2.75) is 57.0 Å². The lowest BCUT2D eigenvalue weighted by Crippen LogP contribution is -2.61. The number of carbonyl (C=O) groups is 1. The molecule has 4 bridgehead atoms. The third kappa shape index (κ3) is 3.33. The molecule has 1 aromatic carbocycles. The molecule has 5 heteroatoms. The summed E-state index contributed by atoms with van der Waals surface area (Å²) in [4.78, 5) is 12.8. The van der Waals surface area contributed by atoms with Crippen LogP contribution in [0.1, 0.15) is 45.4 Å². The van der Waals surface area contributed by atoms with Gasteiger partial charge in [-0.1, -0.05) is 11.6 Å². The van der Waals surface area contributed by atoms with Crippen LogP contribution in [0.25, 0.3) is 0 Å². The van der Waals surface area contributed by atoms with E-state index in [1.165, 1.54) is 38.5 Å². The van der Waals surface area contributed by atoms with E-state index in [1.807, 2.05) is 19.1 Å². The van der Waals surface area contributed by atoms with E-state index in [-0.39, 0.29) is 17.5 Å². The molecular formula is C20H27ClN2O2. The van der Waals surface area contributed by atoms with Gasteiger partial charge in [0, 0.05) is 11.2 Å². The summed E-state index contributed by atoms with van der Waals surface area (Å²) in [6.07, 6.45) is 7.66. The Kier molecular flexibility index (Phi) is 4.35. The van der Waals surface area contributed by atoms with Crippen molar-refractivity contribution in [2.24, 2.45) is 17.8 Å². The van der Waals surface area contributed by atoms with Gasteiger partial charge < -0.3 is 15.4 Å². The highest BCUT2D eigenvalue weighted by molar-refractivity contribution is 6.32. The Morgan fingerprint density at radius 1 is 1.20 bits per heavy atom. The highest BCUT2D eigenvalue weighted by Crippen LogP contribution is 2.55. The molecule has 4 saturated carbocycles. The van der Waals surface area contributed by atoms with Crippen LogP contribution in [0.15, 0.2) is 18.2 Å². The van der Waals surface area contributed by atoms with Gasteiger partial charge in [-0.05, 0) is 81.4 Å². The van der Waals surface area contributed by atoms with E-state index in [2.05, 4.69) is 10.6 Å². The molecule has 0 heterocycles. The summed E-state index contributed by atoms with van der Waals surface area (Å²) in [7, 11) is 1.59. The van der Waals surface area contributed by atoms with E-state index < -0.39 is 0 Å². The Morgan fingerprint density at radius 3 is 2.32 bits per heavy atom. The van der Waals surface area contributed by atoms with Crippen LogP contribution in [0.4, 0.5) is 5.69 Å². The smallest absolute Gasteiger partial charge is 0.242 e. The number of carbonyl (C=O) groups excluding carboxylic acids is 1. The molecule has 1 amide bonds. The molecule has 25 heavy (non-hydrogen) atoms. The van der Waals surface area contributed by atoms with Crippen LogP contribution in [-0.4, -0.2) is 24.6 Å². The van der Waals surface area contributed by atoms with Gasteiger partial charge in [0.1, 0.15) is 11.8 Å². The van der Waals surface area contributed by atoms with E-state index in [0.717, 1.165) is 23.4 Å². The van der Waals surface area contributed by atoms with Crippen LogP contribution < -0.4 is 15.4 Å². The van der Waals surface area contributed by atoms with Crippen LogP contribution in [0.5, 0.6) is 5.75 Å². The first kappa shape index (κ1) is 17.0. The van der Waals surface area contributed by atoms with Crippen molar-refractivity contribution in [3.63, 3.8) is 0 Å². The van der Waals surface area contributed by atoms with Crippen LogP contribution in [-0.2, 0) is 4.79 Å². The topological polar surface area (TPSA) is 50.4 Å². The molecule has 136 valence electrons. The first-order valence-corrected chi connectivity index (χ1v) is 9.76. The second-order valence-electron chi connectivity index (χ2n) is 8.40. The lowest BCUT2D eigenvalue weighted by molar-refractivity contribution is -0.127. The number of amides is 1. The van der Waals surface area contributed by atoms with Gasteiger partial charge in [0.05, 0.1) is 12.1 Å². The van der Waals surface area contributed by atoms with Gasteiger partial charge in [0.2, 0.25) is 5.91 Å². The molecule has 4 fully saturated rings. The largest absolute Gasteiger partial charge is 0.495 e. The Hall–Kier alpha value is -1.42. The molecule has 0 unspecified atom stereocenters. The average molecular weight is 363 g/mol. The van der Waals surface area contributed by atoms with Gasteiger partial charge in [-0.2, -0.15) is 0 Å². The van der Waals surface area contributed by atoms with E-state index in [1.54, 1.807) is 13.2 Å². The Balaban J connectivity index is 1.40. The molecule has 0 aromatic heterocycles. The number of halogens is 1. The number of nitrogens with one attached hydrogen (secondary N) is 2. The number of methoxy groups -OCH3 is 1. The van der Waals surface area contributed by atoms with Crippen LogP contribution in [0.3, 0.4) is 0 Å². The highest BCUT2D eigenvalue weighted by atomic mass is 35.5. The standard InChI is InChI=1S/C20H27ClN2O2/c1-12(22-16-3-4-18(25-2)17(21)8-16)19(24)23-20-9-13-5-14(10-20)7-15(6-13)11-20/h3-4,8,12-15,22H,5-7,9-11H2,1-2H3,(H,23,24)/t12-,13?,14?,15?,20?/m1/s1. The lowest BCUT2D eigenvalue weighted by Gasteiger charge is -2.57. The summed E-state index contributed by atoms with van der Waals surface area (Å²) in [5.74, 6) is 3.22. The summed E-state index contributed by atoms with van der Waals surface area (Å²) in [5, 5.41) is 7.23. The van der Waals surface area contributed by atoms with Crippen molar-refractivity contribution in [3.8, 4) is 5.75 Å². The molecule has 0 spiro atoms. The van der Waals surface area contributed by atoms with Gasteiger partial charge >= 0.3 is 0 Å². The predicted octanol–water partition coefficient (Wildman–Crippen LogP) is 4.23. The zero-order valence-electron chi connectivity index (χ0n) is 15.0. The highest BCUT2D eigenvalue weighted by Gasteiger charge is 2.51. The average Bonchev–Trinajstić information content (AvgIpc) is 2.53. The van der Waals surface area contributed by atoms with E-state index >= 15 is 0 Å². The van der Waals surface area contributed by atoms with Crippen molar-refractivity contribution in [1.29, 1.82) is 0 Å². The molecule has 0 saturated heterocycles. The number of rotatable bonds is 5. The minimum Gasteiger partial charge on any atom is -0.495 e. The number of ether oxygens (including phenoxy) is 1. The van der Waals surface area contributed by atoms with Crippen LogP contribution in [0.2, 0.25) is 5.02 Å². The molecule has 2 N–H and O–H groups in total. The first-order chi connectivity index (χ1) is 12.0. The Morgan fingerprint density at radius 2 is 1.80 bits per heavy atom. The Bertz CT molecular complexity index is 640. The zero-order chi connectivity index (χ0) is 17.6. The normalized spacial score (nSPS) is 33.8. The third-order valence-electron chi connectivity index (χ3n) is 6.35. The SMILES string of the molecule is COc1ccc(N[C@H](C)C(=O)NC23CC4CC(CC(C4)C2)C3)cc1Cl. The molecule has 4 aliphatic carbocycles. The minimum atomic E-state index is -0.294. The van der Waals surface area contributed by atoms with Gasteiger partial charge in [0.25, 0.3) is 0 Å². The second-order valence-corrected chi connectivity index (χ2v) is 8.81. The van der Waals surface area contributed by atoms with Gasteiger partial charge in [0.15, 0.2) is 0 Å². The second kappa shape index (κ2) is 6.39. The quantitative estimate of drug-likeness (QED) is 0.823. The van der Waals surface area contributed by atoms with Crippen molar-refractivity contribution < 1.29 is 9.53 Å². The van der Waals surface area contributed by atoms with Crippen molar-refractivity contribution in [1.82, 2.24) is 5.32 Å². The molecular weight excluding hydrogens is 336 g/mol. The molecule has 1 atom stereocenters. The maximum absolute atomic E-state index is 12.8. The fourth-order valence-corrected chi connectivity index (χ4v) is 5.96. The summed E-state index contributed by atoms with van der Waals surface area (Å²) < 4.78 is 5.17. The molecule has 4 nitrogen and oxygen atoms in total. The molecule has 0 radical (unpaired) electrons. The van der Waals surface area contributed by atoms with E-state index in [9.17, 15) is 4.79 Å². The van der Waals surface area contributed by atoms with Gasteiger partial charge in [-0.3, -0.25) is 4.79 Å². The van der Waals surface area contributed by atoms with Crippen molar-refractivity contribution >= 4 is 23.2 Å². The van der Waals surface area contributed by atoms with Crippen LogP contribution in [0, 0.1) is 17.8 Å². The number of benzene rings is 1. The third-order valence-corrected chi connectivity index (χ3v) is 6.65. The zero-order valence-corrected chi connectivity index (χ0v) is 15.7. The maximum Gasteiger partial charge on any atom is 0.242 e. The summed E-state index contributed by atoms with van der Waals surface area (Å²) in [5.41, 5.74) is 0.887. The van der Waals surface area contributed by atoms with E-state index in [4.69, 9.17) is 16.3 Å². The fourth-order valence-electron chi connectivity index (χ4n) is 5.71. The Labute approximate surface area is 154 Å². The predicted molar refractivity (Wildman–Crippen MR) is 100 cm³/mol. The van der Waals surface area contributed by atoms with Gasteiger partial charge in [-0.25, -0.2) is 0 Å². The van der Waals surface area contributed by atoms with Gasteiger partial charge in [-0.15, -0.1) is 0 Å². The fraction of sp³-hybridized carbons (Fsp3) is 0.650. The number of hydrogen-bond acceptors (Lipinski definition) is 3. The monoisotopic (exact) mass is 362 g/mol. The molecule has 5 rings (SSSR count). The van der Waals surface area contributed by atoms with E-state index in [0.29, 0.717) is 10.8 Å². The summed E-state index contributed by atoms with van der Waals surface area (Å²) in [6.45, 7) is 1.91.